The van der Waals surface area contributed by atoms with Crippen LogP contribution in [0.1, 0.15) is 25.0 Å². The van der Waals surface area contributed by atoms with Gasteiger partial charge in [0.1, 0.15) is 0 Å². The highest BCUT2D eigenvalue weighted by Gasteiger charge is 2.35. The first kappa shape index (κ1) is 33.9. The maximum Gasteiger partial charge on any atom is 0.160 e. The molecule has 11 aromatic rings. The molecule has 1 aliphatic carbocycles. The first-order valence-electron chi connectivity index (χ1n) is 20.2. The highest BCUT2D eigenvalue weighted by Crippen LogP contribution is 2.50. The molecule has 3 nitrogen and oxygen atoms in total. The summed E-state index contributed by atoms with van der Waals surface area (Å²) >= 11 is 1.85. The second-order valence-electron chi connectivity index (χ2n) is 16.2. The molecular formula is C55H37N3S. The van der Waals surface area contributed by atoms with Crippen LogP contribution in [0.15, 0.2) is 188 Å². The van der Waals surface area contributed by atoms with Crippen LogP contribution < -0.4 is 0 Å². The minimum absolute atomic E-state index is 0.125. The van der Waals surface area contributed by atoms with Crippen LogP contribution in [0.2, 0.25) is 0 Å². The Hall–Kier alpha value is -7.14. The van der Waals surface area contributed by atoms with Crippen molar-refractivity contribution in [2.75, 3.05) is 0 Å². The van der Waals surface area contributed by atoms with Crippen LogP contribution in [-0.2, 0) is 5.41 Å². The summed E-state index contributed by atoms with van der Waals surface area (Å²) in [5, 5.41) is 5.04. The Labute approximate surface area is 346 Å². The Bertz CT molecular complexity index is 3430. The smallest absolute Gasteiger partial charge is 0.160 e. The van der Waals surface area contributed by atoms with Crippen LogP contribution in [0.25, 0.3) is 104 Å². The monoisotopic (exact) mass is 771 g/mol. The molecule has 0 saturated carbocycles. The molecule has 59 heavy (non-hydrogen) atoms. The summed E-state index contributed by atoms with van der Waals surface area (Å²) in [5.41, 5.74) is 15.8. The Morgan fingerprint density at radius 2 is 1.02 bits per heavy atom. The van der Waals surface area contributed by atoms with Gasteiger partial charge in [0.25, 0.3) is 0 Å². The lowest BCUT2D eigenvalue weighted by atomic mass is 9.82. The van der Waals surface area contributed by atoms with Gasteiger partial charge in [-0.3, -0.25) is 0 Å². The molecule has 8 aromatic carbocycles. The van der Waals surface area contributed by atoms with E-state index >= 15 is 0 Å². The van der Waals surface area contributed by atoms with E-state index in [9.17, 15) is 0 Å². The molecule has 0 amide bonds. The molecule has 0 saturated heterocycles. The molecule has 0 bridgehead atoms. The Morgan fingerprint density at radius 1 is 0.407 bits per heavy atom. The standard InChI is InChI=1S/C55H37N3S/c1-55(2)46-20-10-6-16-40(46)41-26-24-36(32-47(41)55)48-33-49(57-54(56-48)34-14-4-3-5-15-34)38-28-37(35-25-27-53-45(31-35)44-19-9-13-23-52(44)59-53)29-39(30-38)58-50-21-11-7-17-42(50)43-18-8-12-22-51(43)58/h3-33H,1-2H3. The van der Waals surface area contributed by atoms with Crippen molar-refractivity contribution in [1.29, 1.82) is 0 Å². The Kier molecular flexibility index (Phi) is 7.44. The molecule has 0 spiro atoms. The summed E-state index contributed by atoms with van der Waals surface area (Å²) in [6.45, 7) is 4.67. The third-order valence-corrected chi connectivity index (χ3v) is 13.6. The van der Waals surface area contributed by atoms with Crippen molar-refractivity contribution < 1.29 is 0 Å². The summed E-state index contributed by atoms with van der Waals surface area (Å²) in [7, 11) is 0. The molecule has 0 fully saturated rings. The molecule has 278 valence electrons. The first-order valence-corrected chi connectivity index (χ1v) is 21.0. The van der Waals surface area contributed by atoms with Gasteiger partial charge in [0, 0.05) is 58.7 Å². The quantitative estimate of drug-likeness (QED) is 0.174. The van der Waals surface area contributed by atoms with Crippen LogP contribution in [0.5, 0.6) is 0 Å². The van der Waals surface area contributed by atoms with Gasteiger partial charge in [0.2, 0.25) is 0 Å². The van der Waals surface area contributed by atoms with Crippen molar-refractivity contribution in [3.8, 4) is 61.8 Å². The summed E-state index contributed by atoms with van der Waals surface area (Å²) in [5.74, 6) is 0.705. The average molecular weight is 772 g/mol. The fourth-order valence-electron chi connectivity index (χ4n) is 9.48. The van der Waals surface area contributed by atoms with Gasteiger partial charge in [0.05, 0.1) is 22.4 Å². The zero-order chi connectivity index (χ0) is 39.2. The average Bonchev–Trinajstić information content (AvgIpc) is 3.91. The molecule has 3 aromatic heterocycles. The first-order chi connectivity index (χ1) is 29.0. The van der Waals surface area contributed by atoms with Gasteiger partial charge in [-0.2, -0.15) is 0 Å². The molecule has 0 atom stereocenters. The van der Waals surface area contributed by atoms with Crippen LogP contribution in [0.4, 0.5) is 0 Å². The van der Waals surface area contributed by atoms with Crippen molar-refractivity contribution in [2.24, 2.45) is 0 Å². The van der Waals surface area contributed by atoms with E-state index in [0.717, 1.165) is 39.3 Å². The van der Waals surface area contributed by atoms with Crippen molar-refractivity contribution in [1.82, 2.24) is 14.5 Å². The molecule has 12 rings (SSSR count). The SMILES string of the molecule is CC1(C)c2ccccc2-c2ccc(-c3cc(-c4cc(-c5ccc6sc7ccccc7c6c5)cc(-n5c6ccccc6c6ccccc65)c4)nc(-c4ccccc4)n3)cc21. The molecule has 1 aliphatic rings. The maximum atomic E-state index is 5.38. The lowest BCUT2D eigenvalue weighted by molar-refractivity contribution is 0.660. The van der Waals surface area contributed by atoms with Crippen LogP contribution in [0, 0.1) is 0 Å². The van der Waals surface area contributed by atoms with Crippen molar-refractivity contribution in [3.05, 3.63) is 199 Å². The molecule has 0 radical (unpaired) electrons. The van der Waals surface area contributed by atoms with E-state index < -0.39 is 0 Å². The van der Waals surface area contributed by atoms with E-state index in [1.165, 1.54) is 69.8 Å². The molecule has 0 N–H and O–H groups in total. The summed E-state index contributed by atoms with van der Waals surface area (Å²) in [6, 6.07) is 68.3. The fraction of sp³-hybridized carbons (Fsp3) is 0.0545. The summed E-state index contributed by atoms with van der Waals surface area (Å²) in [4.78, 5) is 10.7. The zero-order valence-corrected chi connectivity index (χ0v) is 33.5. The zero-order valence-electron chi connectivity index (χ0n) is 32.6. The van der Waals surface area contributed by atoms with Crippen molar-refractivity contribution >= 4 is 53.3 Å². The Balaban J connectivity index is 1.11. The van der Waals surface area contributed by atoms with Gasteiger partial charge in [-0.15, -0.1) is 11.3 Å². The molecule has 0 aliphatic heterocycles. The number of nitrogens with zero attached hydrogens (tertiary/aromatic N) is 3. The minimum atomic E-state index is -0.125. The van der Waals surface area contributed by atoms with E-state index in [1.54, 1.807) is 0 Å². The van der Waals surface area contributed by atoms with Crippen molar-refractivity contribution in [2.45, 2.75) is 19.3 Å². The van der Waals surface area contributed by atoms with E-state index in [4.69, 9.17) is 9.97 Å². The normalized spacial score (nSPS) is 13.1. The predicted octanol–water partition coefficient (Wildman–Crippen LogP) is 14.9. The maximum absolute atomic E-state index is 5.38. The number of para-hydroxylation sites is 2. The number of fused-ring (bicyclic) bond motifs is 9. The minimum Gasteiger partial charge on any atom is -0.309 e. The predicted molar refractivity (Wildman–Crippen MR) is 249 cm³/mol. The lowest BCUT2D eigenvalue weighted by Gasteiger charge is -2.22. The van der Waals surface area contributed by atoms with Gasteiger partial charge in [0.15, 0.2) is 5.82 Å². The highest BCUT2D eigenvalue weighted by molar-refractivity contribution is 7.25. The molecule has 0 unspecified atom stereocenters. The number of thiophene rings is 1. The molecule has 4 heteroatoms. The van der Waals surface area contributed by atoms with Gasteiger partial charge in [-0.25, -0.2) is 9.97 Å². The van der Waals surface area contributed by atoms with Gasteiger partial charge < -0.3 is 4.57 Å². The number of rotatable bonds is 5. The third-order valence-electron chi connectivity index (χ3n) is 12.4. The fourth-order valence-corrected chi connectivity index (χ4v) is 10.6. The largest absolute Gasteiger partial charge is 0.309 e. The van der Waals surface area contributed by atoms with Crippen LogP contribution in [-0.4, -0.2) is 14.5 Å². The van der Waals surface area contributed by atoms with Gasteiger partial charge in [-0.05, 0) is 94.0 Å². The molecule has 3 heterocycles. The summed E-state index contributed by atoms with van der Waals surface area (Å²) in [6.07, 6.45) is 0. The summed E-state index contributed by atoms with van der Waals surface area (Å²) < 4.78 is 5.01. The number of hydrogen-bond acceptors (Lipinski definition) is 3. The van der Waals surface area contributed by atoms with E-state index in [2.05, 4.69) is 200 Å². The topological polar surface area (TPSA) is 30.7 Å². The highest BCUT2D eigenvalue weighted by atomic mass is 32.1. The number of benzene rings is 8. The molecular weight excluding hydrogens is 735 g/mol. The number of hydrogen-bond donors (Lipinski definition) is 0. The third kappa shape index (κ3) is 5.34. The lowest BCUT2D eigenvalue weighted by Crippen LogP contribution is -2.14. The van der Waals surface area contributed by atoms with Gasteiger partial charge in [-0.1, -0.05) is 141 Å². The van der Waals surface area contributed by atoms with Gasteiger partial charge >= 0.3 is 0 Å². The van der Waals surface area contributed by atoms with Crippen molar-refractivity contribution in [3.63, 3.8) is 0 Å². The van der Waals surface area contributed by atoms with E-state index in [1.807, 2.05) is 17.4 Å². The second-order valence-corrected chi connectivity index (χ2v) is 17.3. The number of aromatic nitrogens is 3. The van der Waals surface area contributed by atoms with E-state index in [0.29, 0.717) is 5.82 Å². The Morgan fingerprint density at radius 3 is 1.81 bits per heavy atom. The van der Waals surface area contributed by atoms with Crippen LogP contribution >= 0.6 is 11.3 Å². The second kappa shape index (κ2) is 12.9. The van der Waals surface area contributed by atoms with Crippen LogP contribution in [0.3, 0.4) is 0 Å². The van der Waals surface area contributed by atoms with E-state index in [-0.39, 0.29) is 5.41 Å².